The summed E-state index contributed by atoms with van der Waals surface area (Å²) in [5.74, 6) is 0.739. The molecule has 6 heteroatoms. The number of amides is 1. The topological polar surface area (TPSA) is 63.1 Å². The lowest BCUT2D eigenvalue weighted by Gasteiger charge is -2.10. The molecule has 0 saturated heterocycles. The highest BCUT2D eigenvalue weighted by Gasteiger charge is 2.07. The van der Waals surface area contributed by atoms with Crippen molar-refractivity contribution in [2.24, 2.45) is 0 Å². The van der Waals surface area contributed by atoms with E-state index in [0.29, 0.717) is 5.56 Å². The lowest BCUT2D eigenvalue weighted by Crippen LogP contribution is -2.21. The molecule has 2 aromatic heterocycles. The highest BCUT2D eigenvalue weighted by atomic mass is 16.2. The van der Waals surface area contributed by atoms with E-state index in [-0.39, 0.29) is 5.91 Å². The van der Waals surface area contributed by atoms with Crippen molar-refractivity contribution in [1.29, 1.82) is 0 Å². The van der Waals surface area contributed by atoms with E-state index in [1.54, 1.807) is 32.6 Å². The van der Waals surface area contributed by atoms with E-state index < -0.39 is 0 Å². The number of nitrogens with one attached hydrogen (secondary N) is 1. The van der Waals surface area contributed by atoms with Gasteiger partial charge in [-0.15, -0.1) is 0 Å². The third-order valence-corrected chi connectivity index (χ3v) is 2.85. The second kappa shape index (κ2) is 6.70. The molecule has 20 heavy (non-hydrogen) atoms. The fraction of sp³-hybridized carbons (Fsp3) is 0.357. The molecular weight excluding hydrogens is 254 g/mol. The summed E-state index contributed by atoms with van der Waals surface area (Å²) in [6, 6.07) is 5.52. The molecule has 0 aromatic carbocycles. The van der Waals surface area contributed by atoms with E-state index in [0.717, 1.165) is 25.3 Å². The van der Waals surface area contributed by atoms with Crippen molar-refractivity contribution in [3.8, 4) is 0 Å². The Hall–Kier alpha value is -2.37. The molecule has 0 fully saturated rings. The Morgan fingerprint density at radius 2 is 2.25 bits per heavy atom. The van der Waals surface area contributed by atoms with Gasteiger partial charge in [-0.1, -0.05) is 0 Å². The largest absolute Gasteiger partial charge is 0.370 e. The first-order valence-electron chi connectivity index (χ1n) is 6.56. The fourth-order valence-electron chi connectivity index (χ4n) is 1.77. The summed E-state index contributed by atoms with van der Waals surface area (Å²) in [6.45, 7) is 1.69. The van der Waals surface area contributed by atoms with Gasteiger partial charge in [0.1, 0.15) is 5.82 Å². The van der Waals surface area contributed by atoms with Crippen LogP contribution in [0, 0.1) is 0 Å². The molecule has 1 N–H and O–H groups in total. The van der Waals surface area contributed by atoms with Crippen LogP contribution in [0.25, 0.3) is 0 Å². The van der Waals surface area contributed by atoms with Crippen LogP contribution in [0.1, 0.15) is 16.8 Å². The number of hydrogen-bond donors (Lipinski definition) is 1. The van der Waals surface area contributed by atoms with E-state index in [9.17, 15) is 4.79 Å². The Kier molecular flexibility index (Phi) is 4.70. The summed E-state index contributed by atoms with van der Waals surface area (Å²) in [5.41, 5.74) is 0.595. The Morgan fingerprint density at radius 3 is 2.85 bits per heavy atom. The fourth-order valence-corrected chi connectivity index (χ4v) is 1.77. The van der Waals surface area contributed by atoms with Crippen molar-refractivity contribution in [3.05, 3.63) is 42.4 Å². The van der Waals surface area contributed by atoms with Gasteiger partial charge in [0.15, 0.2) is 0 Å². The van der Waals surface area contributed by atoms with Gasteiger partial charge in [-0.2, -0.15) is 5.10 Å². The molecular formula is C14H19N5O. The Labute approximate surface area is 118 Å². The summed E-state index contributed by atoms with van der Waals surface area (Å²) < 4.78 is 1.90. The predicted octanol–water partition coefficient (Wildman–Crippen LogP) is 1.48. The number of carbonyl (C=O) groups excluding carboxylic acids is 1. The molecule has 0 spiro atoms. The monoisotopic (exact) mass is 273 g/mol. The zero-order valence-electron chi connectivity index (χ0n) is 11.8. The summed E-state index contributed by atoms with van der Waals surface area (Å²) in [4.78, 5) is 17.5. The normalized spacial score (nSPS) is 10.3. The Bertz CT molecular complexity index is 533. The van der Waals surface area contributed by atoms with Gasteiger partial charge in [0.05, 0.1) is 5.56 Å². The molecule has 6 nitrogen and oxygen atoms in total. The first-order valence-corrected chi connectivity index (χ1v) is 6.56. The van der Waals surface area contributed by atoms with Crippen LogP contribution in [-0.2, 0) is 6.54 Å². The molecule has 0 saturated carbocycles. The third-order valence-electron chi connectivity index (χ3n) is 2.85. The molecule has 2 rings (SSSR count). The van der Waals surface area contributed by atoms with E-state index in [2.05, 4.69) is 15.4 Å². The molecule has 0 aliphatic heterocycles. The minimum absolute atomic E-state index is 0.0391. The SMILES string of the molecule is CN(C)C(=O)c1ccc(NCCCn2cccn2)nc1. The van der Waals surface area contributed by atoms with Gasteiger partial charge in [-0.05, 0) is 24.6 Å². The molecule has 0 unspecified atom stereocenters. The number of aryl methyl sites for hydroxylation is 1. The second-order valence-electron chi connectivity index (χ2n) is 4.68. The number of pyridine rings is 1. The van der Waals surface area contributed by atoms with Crippen LogP contribution in [0.3, 0.4) is 0 Å². The van der Waals surface area contributed by atoms with Gasteiger partial charge in [-0.3, -0.25) is 9.48 Å². The van der Waals surface area contributed by atoms with E-state index >= 15 is 0 Å². The molecule has 0 atom stereocenters. The first-order chi connectivity index (χ1) is 9.66. The lowest BCUT2D eigenvalue weighted by atomic mass is 10.2. The highest BCUT2D eigenvalue weighted by molar-refractivity contribution is 5.93. The predicted molar refractivity (Wildman–Crippen MR) is 77.6 cm³/mol. The van der Waals surface area contributed by atoms with Gasteiger partial charge < -0.3 is 10.2 Å². The molecule has 106 valence electrons. The number of anilines is 1. The van der Waals surface area contributed by atoms with Crippen molar-refractivity contribution >= 4 is 11.7 Å². The van der Waals surface area contributed by atoms with Gasteiger partial charge in [0.25, 0.3) is 5.91 Å². The van der Waals surface area contributed by atoms with Crippen LogP contribution in [0.2, 0.25) is 0 Å². The number of rotatable bonds is 6. The second-order valence-corrected chi connectivity index (χ2v) is 4.68. The van der Waals surface area contributed by atoms with Gasteiger partial charge in [0, 0.05) is 45.8 Å². The molecule has 1 amide bonds. The van der Waals surface area contributed by atoms with Crippen LogP contribution in [0.15, 0.2) is 36.8 Å². The number of carbonyl (C=O) groups is 1. The standard InChI is InChI=1S/C14H19N5O/c1-18(2)14(20)12-5-6-13(16-11-12)15-7-3-9-19-10-4-8-17-19/h4-6,8,10-11H,3,7,9H2,1-2H3,(H,15,16). The average Bonchev–Trinajstić information content (AvgIpc) is 2.96. The summed E-state index contributed by atoms with van der Waals surface area (Å²) >= 11 is 0. The van der Waals surface area contributed by atoms with Crippen molar-refractivity contribution in [1.82, 2.24) is 19.7 Å². The average molecular weight is 273 g/mol. The molecule has 0 aliphatic carbocycles. The smallest absolute Gasteiger partial charge is 0.254 e. The van der Waals surface area contributed by atoms with Crippen molar-refractivity contribution in [2.75, 3.05) is 26.0 Å². The first kappa shape index (κ1) is 14.0. The van der Waals surface area contributed by atoms with E-state index in [1.165, 1.54) is 4.90 Å². The minimum atomic E-state index is -0.0391. The van der Waals surface area contributed by atoms with Gasteiger partial charge >= 0.3 is 0 Å². The maximum absolute atomic E-state index is 11.7. The number of hydrogen-bond acceptors (Lipinski definition) is 4. The quantitative estimate of drug-likeness (QED) is 0.810. The third kappa shape index (κ3) is 3.81. The maximum atomic E-state index is 11.7. The zero-order chi connectivity index (χ0) is 14.4. The van der Waals surface area contributed by atoms with Crippen LogP contribution in [0.5, 0.6) is 0 Å². The molecule has 2 aromatic rings. The molecule has 0 bridgehead atoms. The van der Waals surface area contributed by atoms with E-state index in [4.69, 9.17) is 0 Å². The molecule has 0 aliphatic rings. The summed E-state index contributed by atoms with van der Waals surface area (Å²) in [7, 11) is 3.45. The zero-order valence-corrected chi connectivity index (χ0v) is 11.8. The summed E-state index contributed by atoms with van der Waals surface area (Å²) in [5, 5.41) is 7.36. The molecule has 0 radical (unpaired) electrons. The van der Waals surface area contributed by atoms with Crippen LogP contribution in [0.4, 0.5) is 5.82 Å². The van der Waals surface area contributed by atoms with Crippen molar-refractivity contribution < 1.29 is 4.79 Å². The van der Waals surface area contributed by atoms with Crippen LogP contribution < -0.4 is 5.32 Å². The maximum Gasteiger partial charge on any atom is 0.254 e. The van der Waals surface area contributed by atoms with Crippen molar-refractivity contribution in [3.63, 3.8) is 0 Å². The minimum Gasteiger partial charge on any atom is -0.370 e. The van der Waals surface area contributed by atoms with Crippen LogP contribution >= 0.6 is 0 Å². The lowest BCUT2D eigenvalue weighted by molar-refractivity contribution is 0.0827. The number of nitrogens with zero attached hydrogens (tertiary/aromatic N) is 4. The molecule has 2 heterocycles. The van der Waals surface area contributed by atoms with Crippen LogP contribution in [-0.4, -0.2) is 46.2 Å². The van der Waals surface area contributed by atoms with E-state index in [1.807, 2.05) is 23.0 Å². The van der Waals surface area contributed by atoms with Gasteiger partial charge in [0.2, 0.25) is 0 Å². The highest BCUT2D eigenvalue weighted by Crippen LogP contribution is 2.06. The Balaban J connectivity index is 1.77. The summed E-state index contributed by atoms with van der Waals surface area (Å²) in [6.07, 6.45) is 6.27. The Morgan fingerprint density at radius 1 is 1.40 bits per heavy atom. The van der Waals surface area contributed by atoms with Gasteiger partial charge in [-0.25, -0.2) is 4.98 Å². The van der Waals surface area contributed by atoms with Crippen molar-refractivity contribution in [2.45, 2.75) is 13.0 Å². The number of aromatic nitrogens is 3.